The molecular formula is C12H23NO4. The van der Waals surface area contributed by atoms with E-state index in [-0.39, 0.29) is 5.78 Å². The molecular weight excluding hydrogens is 222 g/mol. The highest BCUT2D eigenvalue weighted by Gasteiger charge is 2.20. The molecule has 0 unspecified atom stereocenters. The summed E-state index contributed by atoms with van der Waals surface area (Å²) in [6.07, 6.45) is 0.491. The highest BCUT2D eigenvalue weighted by atomic mass is 16.6. The van der Waals surface area contributed by atoms with E-state index in [9.17, 15) is 9.59 Å². The molecule has 1 N–H and O–H groups in total. The molecule has 0 saturated heterocycles. The van der Waals surface area contributed by atoms with Gasteiger partial charge in [0.1, 0.15) is 5.60 Å². The van der Waals surface area contributed by atoms with Gasteiger partial charge in [0.2, 0.25) is 0 Å². The van der Waals surface area contributed by atoms with Crippen LogP contribution in [0.2, 0.25) is 0 Å². The zero-order chi connectivity index (χ0) is 13.5. The molecule has 0 fully saturated rings. The highest BCUT2D eigenvalue weighted by molar-refractivity contribution is 5.86. The third-order valence-electron chi connectivity index (χ3n) is 1.99. The fourth-order valence-corrected chi connectivity index (χ4v) is 1.17. The van der Waals surface area contributed by atoms with E-state index < -0.39 is 17.7 Å². The molecule has 100 valence electrons. The molecule has 0 saturated carbocycles. The number of nitrogens with one attached hydrogen (secondary N) is 1. The van der Waals surface area contributed by atoms with Crippen molar-refractivity contribution < 1.29 is 19.1 Å². The Bertz CT molecular complexity index is 258. The van der Waals surface area contributed by atoms with E-state index in [4.69, 9.17) is 9.47 Å². The van der Waals surface area contributed by atoms with Gasteiger partial charge in [0.25, 0.3) is 0 Å². The molecule has 0 aliphatic rings. The lowest BCUT2D eigenvalue weighted by Crippen LogP contribution is -2.41. The van der Waals surface area contributed by atoms with E-state index in [1.54, 1.807) is 34.8 Å². The van der Waals surface area contributed by atoms with Crippen LogP contribution in [-0.2, 0) is 14.3 Å². The van der Waals surface area contributed by atoms with Crippen molar-refractivity contribution in [3.05, 3.63) is 0 Å². The lowest BCUT2D eigenvalue weighted by Gasteiger charge is -2.21. The average molecular weight is 245 g/mol. The van der Waals surface area contributed by atoms with Gasteiger partial charge in [0.05, 0.1) is 6.04 Å². The molecule has 0 rings (SSSR count). The number of Topliss-reactive ketones (excluding diaryl/α,β-unsaturated/α-hetero) is 1. The quantitative estimate of drug-likeness (QED) is 0.726. The van der Waals surface area contributed by atoms with Crippen LogP contribution in [0.1, 0.15) is 40.5 Å². The molecule has 5 nitrogen and oxygen atoms in total. The summed E-state index contributed by atoms with van der Waals surface area (Å²) in [7, 11) is 1.59. The first kappa shape index (κ1) is 15.9. The zero-order valence-corrected chi connectivity index (χ0v) is 11.3. The summed E-state index contributed by atoms with van der Waals surface area (Å²) < 4.78 is 9.91. The lowest BCUT2D eigenvalue weighted by molar-refractivity contribution is -0.121. The van der Waals surface area contributed by atoms with Gasteiger partial charge in [0, 0.05) is 20.1 Å². The van der Waals surface area contributed by atoms with Crippen LogP contribution in [0.4, 0.5) is 4.79 Å². The SMILES string of the molecule is COCCCC(=O)[C@@H](C)NC(=O)OC(C)(C)C. The van der Waals surface area contributed by atoms with Crippen LogP contribution >= 0.6 is 0 Å². The molecule has 0 aromatic heterocycles. The number of hydrogen-bond acceptors (Lipinski definition) is 4. The van der Waals surface area contributed by atoms with E-state index in [1.165, 1.54) is 0 Å². The Balaban J connectivity index is 3.95. The molecule has 0 aromatic carbocycles. The standard InChI is InChI=1S/C12H23NO4/c1-9(10(14)7-6-8-16-5)13-11(15)17-12(2,3)4/h9H,6-8H2,1-5H3,(H,13,15)/t9-/m1/s1. The third kappa shape index (κ3) is 8.68. The maximum atomic E-state index is 11.6. The van der Waals surface area contributed by atoms with Crippen LogP contribution in [-0.4, -0.2) is 37.2 Å². The van der Waals surface area contributed by atoms with Crippen molar-refractivity contribution in [1.29, 1.82) is 0 Å². The van der Waals surface area contributed by atoms with Gasteiger partial charge in [0.15, 0.2) is 5.78 Å². The van der Waals surface area contributed by atoms with E-state index in [0.717, 1.165) is 0 Å². The summed E-state index contributed by atoms with van der Waals surface area (Å²) in [6, 6.07) is -0.526. The van der Waals surface area contributed by atoms with Crippen molar-refractivity contribution in [1.82, 2.24) is 5.32 Å². The fourth-order valence-electron chi connectivity index (χ4n) is 1.17. The number of methoxy groups -OCH3 is 1. The molecule has 1 atom stereocenters. The van der Waals surface area contributed by atoms with Crippen LogP contribution in [0, 0.1) is 0 Å². The van der Waals surface area contributed by atoms with Crippen molar-refractivity contribution >= 4 is 11.9 Å². The molecule has 17 heavy (non-hydrogen) atoms. The van der Waals surface area contributed by atoms with Crippen molar-refractivity contribution in [2.24, 2.45) is 0 Å². The van der Waals surface area contributed by atoms with E-state index in [2.05, 4.69) is 5.32 Å². The molecule has 5 heteroatoms. The molecule has 0 aliphatic heterocycles. The second-order valence-corrected chi connectivity index (χ2v) is 4.93. The summed E-state index contributed by atoms with van der Waals surface area (Å²) >= 11 is 0. The topological polar surface area (TPSA) is 64.6 Å². The maximum Gasteiger partial charge on any atom is 0.408 e. The summed E-state index contributed by atoms with van der Waals surface area (Å²) in [5.74, 6) is -0.0205. The normalized spacial score (nSPS) is 13.0. The smallest absolute Gasteiger partial charge is 0.408 e. The minimum Gasteiger partial charge on any atom is -0.444 e. The second-order valence-electron chi connectivity index (χ2n) is 4.93. The van der Waals surface area contributed by atoms with Gasteiger partial charge in [-0.2, -0.15) is 0 Å². The van der Waals surface area contributed by atoms with Crippen molar-refractivity contribution in [2.75, 3.05) is 13.7 Å². The van der Waals surface area contributed by atoms with Gasteiger partial charge >= 0.3 is 6.09 Å². The zero-order valence-electron chi connectivity index (χ0n) is 11.3. The minimum atomic E-state index is -0.565. The maximum absolute atomic E-state index is 11.6. The molecule has 0 heterocycles. The Kier molecular flexibility index (Phi) is 6.80. The predicted molar refractivity (Wildman–Crippen MR) is 64.9 cm³/mol. The summed E-state index contributed by atoms with van der Waals surface area (Å²) in [6.45, 7) is 7.52. The van der Waals surface area contributed by atoms with Gasteiger partial charge in [-0.1, -0.05) is 0 Å². The molecule has 0 aliphatic carbocycles. The largest absolute Gasteiger partial charge is 0.444 e. The monoisotopic (exact) mass is 245 g/mol. The van der Waals surface area contributed by atoms with Crippen molar-refractivity contribution in [2.45, 2.75) is 52.2 Å². The number of carbonyl (C=O) groups excluding carboxylic acids is 2. The predicted octanol–water partition coefficient (Wildman–Crippen LogP) is 1.90. The van der Waals surface area contributed by atoms with Crippen LogP contribution < -0.4 is 5.32 Å². The van der Waals surface area contributed by atoms with Crippen LogP contribution in [0.25, 0.3) is 0 Å². The Labute approximate surface area is 103 Å². The lowest BCUT2D eigenvalue weighted by atomic mass is 10.1. The first-order valence-electron chi connectivity index (χ1n) is 5.77. The van der Waals surface area contributed by atoms with E-state index >= 15 is 0 Å². The molecule has 0 radical (unpaired) electrons. The molecule has 0 spiro atoms. The van der Waals surface area contributed by atoms with Crippen molar-refractivity contribution in [3.8, 4) is 0 Å². The van der Waals surface area contributed by atoms with Gasteiger partial charge in [-0.05, 0) is 34.1 Å². The number of ketones is 1. The highest BCUT2D eigenvalue weighted by Crippen LogP contribution is 2.07. The number of hydrogen-bond donors (Lipinski definition) is 1. The van der Waals surface area contributed by atoms with Crippen LogP contribution in [0.15, 0.2) is 0 Å². The summed E-state index contributed by atoms with van der Waals surface area (Å²) in [5, 5.41) is 2.51. The Hall–Kier alpha value is -1.10. The number of rotatable bonds is 6. The van der Waals surface area contributed by atoms with E-state index in [1.807, 2.05) is 0 Å². The van der Waals surface area contributed by atoms with Crippen LogP contribution in [0.3, 0.4) is 0 Å². The Morgan fingerprint density at radius 2 is 1.88 bits per heavy atom. The van der Waals surface area contributed by atoms with Gasteiger partial charge in [-0.3, -0.25) is 4.79 Å². The Morgan fingerprint density at radius 3 is 2.35 bits per heavy atom. The summed E-state index contributed by atoms with van der Waals surface area (Å²) in [5.41, 5.74) is -0.553. The van der Waals surface area contributed by atoms with Gasteiger partial charge < -0.3 is 14.8 Å². The van der Waals surface area contributed by atoms with Crippen LogP contribution in [0.5, 0.6) is 0 Å². The minimum absolute atomic E-state index is 0.0205. The molecule has 0 aromatic rings. The molecule has 1 amide bonds. The molecule has 0 bridgehead atoms. The number of amides is 1. The average Bonchev–Trinajstić information content (AvgIpc) is 2.14. The summed E-state index contributed by atoms with van der Waals surface area (Å²) in [4.78, 5) is 23.0. The first-order valence-corrected chi connectivity index (χ1v) is 5.77. The fraction of sp³-hybridized carbons (Fsp3) is 0.833. The van der Waals surface area contributed by atoms with Gasteiger partial charge in [-0.25, -0.2) is 4.79 Å². The van der Waals surface area contributed by atoms with E-state index in [0.29, 0.717) is 19.4 Å². The first-order chi connectivity index (χ1) is 7.76. The van der Waals surface area contributed by atoms with Gasteiger partial charge in [-0.15, -0.1) is 0 Å². The number of carbonyl (C=O) groups is 2. The van der Waals surface area contributed by atoms with Crippen molar-refractivity contribution in [3.63, 3.8) is 0 Å². The Morgan fingerprint density at radius 1 is 1.29 bits per heavy atom. The number of alkyl carbamates (subject to hydrolysis) is 1. The number of ether oxygens (including phenoxy) is 2. The third-order valence-corrected chi connectivity index (χ3v) is 1.99. The second kappa shape index (κ2) is 7.27.